The molecule has 2 aliphatic carbocycles. The van der Waals surface area contributed by atoms with Gasteiger partial charge in [-0.3, -0.25) is 0 Å². The average molecular weight is 511 g/mol. The second-order valence-electron chi connectivity index (χ2n) is 9.55. The fourth-order valence-corrected chi connectivity index (χ4v) is 6.99. The zero-order chi connectivity index (χ0) is 19.8. The maximum atomic E-state index is 6.03. The number of rotatable bonds is 4. The molecule has 1 aromatic rings. The molecule has 0 saturated heterocycles. The van der Waals surface area contributed by atoms with Crippen LogP contribution >= 0.6 is 0 Å². The summed E-state index contributed by atoms with van der Waals surface area (Å²) in [5, 5.41) is 0. The van der Waals surface area contributed by atoms with Crippen LogP contribution in [0.25, 0.3) is 5.57 Å². The Kier molecular flexibility index (Phi) is 9.28. The summed E-state index contributed by atoms with van der Waals surface area (Å²) < 4.78 is 9.38. The SMILES string of the molecule is COc1c(C2=[C]([Zr+2][C]3=CC=CC3)CC=C2)cc(C(C)(C)C)cc1C(C)(C)C.[Cl-].[Cl-]. The molecule has 1 nitrogen and oxygen atoms in total. The Morgan fingerprint density at radius 2 is 1.59 bits per heavy atom. The molecule has 2 aliphatic rings. The predicted octanol–water partition coefficient (Wildman–Crippen LogP) is 0.896. The molecule has 0 heterocycles. The molecular weight excluding hydrogens is 478 g/mol. The van der Waals surface area contributed by atoms with Gasteiger partial charge in [-0.2, -0.15) is 0 Å². The Hall–Kier alpha value is -0.557. The van der Waals surface area contributed by atoms with Gasteiger partial charge >= 0.3 is 177 Å². The van der Waals surface area contributed by atoms with Crippen molar-refractivity contribution in [2.45, 2.75) is 65.2 Å². The molecule has 4 heteroatoms. The number of hydrogen-bond donors (Lipinski definition) is 0. The second kappa shape index (κ2) is 10.2. The fourth-order valence-electron chi connectivity index (χ4n) is 3.65. The van der Waals surface area contributed by atoms with E-state index in [9.17, 15) is 0 Å². The van der Waals surface area contributed by atoms with E-state index in [1.807, 2.05) is 7.11 Å². The van der Waals surface area contributed by atoms with Gasteiger partial charge in [0.2, 0.25) is 0 Å². The molecule has 0 amide bonds. The molecule has 0 fully saturated rings. The fraction of sp³-hybridized carbons (Fsp3) is 0.440. The van der Waals surface area contributed by atoms with Crippen molar-refractivity contribution < 1.29 is 52.8 Å². The molecule has 0 unspecified atom stereocenters. The first kappa shape index (κ1) is 26.5. The van der Waals surface area contributed by atoms with Crippen molar-refractivity contribution in [2.24, 2.45) is 0 Å². The largest absolute Gasteiger partial charge is 1.00 e. The summed E-state index contributed by atoms with van der Waals surface area (Å²) in [5.74, 6) is 1.06. The van der Waals surface area contributed by atoms with E-state index in [0.29, 0.717) is 0 Å². The molecule has 0 aromatic heterocycles. The number of methoxy groups -OCH3 is 1. The van der Waals surface area contributed by atoms with Crippen LogP contribution in [0.5, 0.6) is 5.75 Å². The van der Waals surface area contributed by atoms with Gasteiger partial charge in [0.1, 0.15) is 0 Å². The van der Waals surface area contributed by atoms with Crippen LogP contribution in [0.3, 0.4) is 0 Å². The van der Waals surface area contributed by atoms with Crippen molar-refractivity contribution in [1.82, 2.24) is 0 Å². The van der Waals surface area contributed by atoms with Gasteiger partial charge in [-0.25, -0.2) is 0 Å². The zero-order valence-electron chi connectivity index (χ0n) is 18.6. The topological polar surface area (TPSA) is 9.23 Å². The van der Waals surface area contributed by atoms with E-state index in [1.54, 1.807) is 6.56 Å². The second-order valence-corrected chi connectivity index (χ2v) is 13.2. The maximum Gasteiger partial charge on any atom is -1.00 e. The van der Waals surface area contributed by atoms with Crippen LogP contribution in [0.4, 0.5) is 0 Å². The third-order valence-corrected chi connectivity index (χ3v) is 8.88. The van der Waals surface area contributed by atoms with E-state index in [4.69, 9.17) is 4.74 Å². The van der Waals surface area contributed by atoms with Crippen molar-refractivity contribution in [2.75, 3.05) is 7.11 Å². The van der Waals surface area contributed by atoms with E-state index >= 15 is 0 Å². The van der Waals surface area contributed by atoms with Gasteiger partial charge in [-0.1, -0.05) is 0 Å². The molecule has 0 radical (unpaired) electrons. The summed E-state index contributed by atoms with van der Waals surface area (Å²) in [5.41, 5.74) is 5.59. The van der Waals surface area contributed by atoms with E-state index in [0.717, 1.165) is 18.6 Å². The molecule has 1 aromatic carbocycles. The average Bonchev–Trinajstić information content (AvgIpc) is 3.24. The molecule has 0 saturated carbocycles. The molecule has 156 valence electrons. The Labute approximate surface area is 201 Å². The van der Waals surface area contributed by atoms with Gasteiger partial charge in [0.25, 0.3) is 0 Å². The van der Waals surface area contributed by atoms with Crippen molar-refractivity contribution in [3.05, 3.63) is 65.8 Å². The van der Waals surface area contributed by atoms with Crippen LogP contribution in [0.15, 0.2) is 49.1 Å². The minimum absolute atomic E-state index is 0. The third-order valence-electron chi connectivity index (χ3n) is 5.27. The van der Waals surface area contributed by atoms with Crippen molar-refractivity contribution in [1.29, 1.82) is 0 Å². The van der Waals surface area contributed by atoms with Gasteiger partial charge in [0.05, 0.1) is 0 Å². The molecule has 29 heavy (non-hydrogen) atoms. The predicted molar refractivity (Wildman–Crippen MR) is 113 cm³/mol. The van der Waals surface area contributed by atoms with Crippen LogP contribution in [-0.4, -0.2) is 7.11 Å². The molecule has 0 bridgehead atoms. The Morgan fingerprint density at radius 3 is 2.10 bits per heavy atom. The number of halogens is 2. The first-order valence-corrected chi connectivity index (χ1v) is 12.3. The smallest absolute Gasteiger partial charge is 1.00 e. The number of benzene rings is 1. The van der Waals surface area contributed by atoms with Crippen molar-refractivity contribution in [3.8, 4) is 5.75 Å². The first-order valence-electron chi connectivity index (χ1n) is 9.87. The van der Waals surface area contributed by atoms with Crippen LogP contribution < -0.4 is 29.6 Å². The van der Waals surface area contributed by atoms with Crippen LogP contribution in [0.2, 0.25) is 0 Å². The Morgan fingerprint density at radius 1 is 0.897 bits per heavy atom. The van der Waals surface area contributed by atoms with Gasteiger partial charge in [-0.05, 0) is 0 Å². The number of hydrogen-bond acceptors (Lipinski definition) is 1. The molecule has 0 N–H and O–H groups in total. The normalized spacial score (nSPS) is 15.6. The van der Waals surface area contributed by atoms with Gasteiger partial charge in [0.15, 0.2) is 0 Å². The molecular formula is C25H32Cl2OZr. The minimum atomic E-state index is -0.706. The molecule has 0 spiro atoms. The summed E-state index contributed by atoms with van der Waals surface area (Å²) in [6.45, 7) is 13.8. The Bertz CT molecular complexity index is 862. The molecule has 3 rings (SSSR count). The first-order chi connectivity index (χ1) is 12.6. The zero-order valence-corrected chi connectivity index (χ0v) is 22.6. The van der Waals surface area contributed by atoms with Crippen molar-refractivity contribution in [3.63, 3.8) is 0 Å². The van der Waals surface area contributed by atoms with Gasteiger partial charge in [-0.15, -0.1) is 0 Å². The maximum absolute atomic E-state index is 6.03. The number of allylic oxidation sites excluding steroid dienone is 8. The molecule has 0 aliphatic heterocycles. The van der Waals surface area contributed by atoms with Crippen molar-refractivity contribution >= 4 is 5.57 Å². The standard InChI is InChI=1S/C20H27O.C5H5.2ClH.Zr/c1-19(2,3)15-12-16(14-10-8-9-11-14)18(21-7)17(13-15)20(4,5)6;1-2-4-5-3-1;;;/h8,10,12-13H,9H2,1-7H3;1-3H,4H2;2*1H;/q;;;;+2/p-2. The van der Waals surface area contributed by atoms with Crippen LogP contribution in [-0.2, 0) is 34.1 Å². The summed E-state index contributed by atoms with van der Waals surface area (Å²) in [6.07, 6.45) is 13.8. The van der Waals surface area contributed by atoms with Crippen LogP contribution in [0, 0.1) is 0 Å². The van der Waals surface area contributed by atoms with Gasteiger partial charge in [0, 0.05) is 0 Å². The van der Waals surface area contributed by atoms with Crippen LogP contribution in [0.1, 0.15) is 71.1 Å². The summed E-state index contributed by atoms with van der Waals surface area (Å²) in [4.78, 5) is 0. The number of ether oxygens (including phenoxy) is 1. The van der Waals surface area contributed by atoms with E-state index in [1.165, 1.54) is 22.3 Å². The quantitative estimate of drug-likeness (QED) is 0.585. The Balaban J connectivity index is 0.00000210. The monoisotopic (exact) mass is 508 g/mol. The van der Waals surface area contributed by atoms with Gasteiger partial charge < -0.3 is 24.8 Å². The minimum Gasteiger partial charge on any atom is -1.00 e. The third kappa shape index (κ3) is 5.99. The summed E-state index contributed by atoms with van der Waals surface area (Å²) >= 11 is -0.706. The summed E-state index contributed by atoms with van der Waals surface area (Å²) in [6, 6.07) is 4.75. The summed E-state index contributed by atoms with van der Waals surface area (Å²) in [7, 11) is 1.83. The molecule has 0 atom stereocenters. The van der Waals surface area contributed by atoms with E-state index < -0.39 is 23.2 Å². The van der Waals surface area contributed by atoms with E-state index in [-0.39, 0.29) is 35.6 Å². The van der Waals surface area contributed by atoms with E-state index in [2.05, 4.69) is 84.1 Å².